The van der Waals surface area contributed by atoms with Gasteiger partial charge in [0.25, 0.3) is 0 Å². The molecule has 0 bridgehead atoms. The van der Waals surface area contributed by atoms with Crippen LogP contribution < -0.4 is 5.73 Å². The number of likely N-dealkylation sites (tertiary alicyclic amines) is 1. The van der Waals surface area contributed by atoms with Gasteiger partial charge in [-0.05, 0) is 31.4 Å². The molecule has 12 heavy (non-hydrogen) atoms. The average Bonchev–Trinajstić information content (AvgIpc) is 2.17. The van der Waals surface area contributed by atoms with Crippen molar-refractivity contribution in [1.82, 2.24) is 4.90 Å². The second kappa shape index (κ2) is 4.26. The Kier molecular flexibility index (Phi) is 3.29. The van der Waals surface area contributed by atoms with Crippen LogP contribution in [0.4, 0.5) is 0 Å². The Morgan fingerprint density at radius 1 is 1.58 bits per heavy atom. The van der Waals surface area contributed by atoms with Gasteiger partial charge in [-0.2, -0.15) is 0 Å². The molecule has 68 valence electrons. The summed E-state index contributed by atoms with van der Waals surface area (Å²) < 4.78 is 0. The zero-order chi connectivity index (χ0) is 8.97. The van der Waals surface area contributed by atoms with Crippen molar-refractivity contribution in [3.8, 4) is 0 Å². The molecule has 1 aliphatic heterocycles. The molecule has 0 saturated carbocycles. The first kappa shape index (κ1) is 9.26. The molecule has 1 saturated heterocycles. The maximum Gasteiger partial charge on any atom is 0.245 e. The van der Waals surface area contributed by atoms with E-state index >= 15 is 0 Å². The molecular formula is C9H16N2O. The van der Waals surface area contributed by atoms with Gasteiger partial charge in [-0.1, -0.05) is 6.58 Å². The summed E-state index contributed by atoms with van der Waals surface area (Å²) in [4.78, 5) is 13.0. The lowest BCUT2D eigenvalue weighted by Gasteiger charge is -2.30. The van der Waals surface area contributed by atoms with Gasteiger partial charge >= 0.3 is 0 Å². The molecule has 1 rings (SSSR count). The average molecular weight is 168 g/mol. The van der Waals surface area contributed by atoms with Crippen LogP contribution in [0.3, 0.4) is 0 Å². The number of carbonyl (C=O) groups is 1. The summed E-state index contributed by atoms with van der Waals surface area (Å²) in [6, 6.07) is 0. The monoisotopic (exact) mass is 168 g/mol. The van der Waals surface area contributed by atoms with E-state index in [9.17, 15) is 4.79 Å². The Balaban J connectivity index is 2.35. The lowest BCUT2D eigenvalue weighted by atomic mass is 9.97. The highest BCUT2D eigenvalue weighted by Crippen LogP contribution is 2.15. The Labute approximate surface area is 73.2 Å². The Morgan fingerprint density at radius 3 is 2.58 bits per heavy atom. The molecule has 0 aromatic carbocycles. The van der Waals surface area contributed by atoms with Crippen molar-refractivity contribution in [3.05, 3.63) is 12.7 Å². The van der Waals surface area contributed by atoms with E-state index in [0.29, 0.717) is 5.92 Å². The zero-order valence-electron chi connectivity index (χ0n) is 7.33. The number of carbonyl (C=O) groups excluding carboxylic acids is 1. The predicted octanol–water partition coefficient (Wildman–Crippen LogP) is 0.370. The van der Waals surface area contributed by atoms with Gasteiger partial charge in [-0.15, -0.1) is 0 Å². The standard InChI is InChI=1S/C9H16N2O/c1-2-9(12)11-5-3-8(7-10)4-6-11/h2,8H,1,3-7,10H2. The van der Waals surface area contributed by atoms with E-state index in [1.54, 1.807) is 0 Å². The Hall–Kier alpha value is -0.830. The minimum atomic E-state index is 0.0467. The number of amides is 1. The summed E-state index contributed by atoms with van der Waals surface area (Å²) in [7, 11) is 0. The van der Waals surface area contributed by atoms with Gasteiger partial charge < -0.3 is 10.6 Å². The van der Waals surface area contributed by atoms with E-state index in [2.05, 4.69) is 6.58 Å². The van der Waals surface area contributed by atoms with E-state index in [1.165, 1.54) is 6.08 Å². The fourth-order valence-electron chi connectivity index (χ4n) is 1.52. The van der Waals surface area contributed by atoms with E-state index < -0.39 is 0 Å². The van der Waals surface area contributed by atoms with Crippen molar-refractivity contribution in [2.45, 2.75) is 12.8 Å². The van der Waals surface area contributed by atoms with Crippen LogP contribution in [-0.4, -0.2) is 30.4 Å². The highest BCUT2D eigenvalue weighted by Gasteiger charge is 2.19. The van der Waals surface area contributed by atoms with Crippen molar-refractivity contribution in [2.24, 2.45) is 11.7 Å². The highest BCUT2D eigenvalue weighted by atomic mass is 16.2. The molecule has 2 N–H and O–H groups in total. The molecule has 0 radical (unpaired) electrons. The fraction of sp³-hybridized carbons (Fsp3) is 0.667. The molecule has 1 aliphatic rings. The number of nitrogens with two attached hydrogens (primary N) is 1. The van der Waals surface area contributed by atoms with Crippen LogP contribution in [0, 0.1) is 5.92 Å². The Morgan fingerprint density at radius 2 is 2.17 bits per heavy atom. The van der Waals surface area contributed by atoms with Crippen molar-refractivity contribution in [2.75, 3.05) is 19.6 Å². The van der Waals surface area contributed by atoms with Crippen LogP contribution in [0.15, 0.2) is 12.7 Å². The molecule has 0 aromatic heterocycles. The van der Waals surface area contributed by atoms with Crippen LogP contribution in [0.2, 0.25) is 0 Å². The first-order valence-electron chi connectivity index (χ1n) is 4.39. The largest absolute Gasteiger partial charge is 0.339 e. The Bertz CT molecular complexity index is 171. The number of hydrogen-bond donors (Lipinski definition) is 1. The van der Waals surface area contributed by atoms with E-state index in [0.717, 1.165) is 32.5 Å². The summed E-state index contributed by atoms with van der Waals surface area (Å²) in [6.45, 7) is 5.89. The van der Waals surface area contributed by atoms with Crippen LogP contribution >= 0.6 is 0 Å². The molecule has 0 aromatic rings. The topological polar surface area (TPSA) is 46.3 Å². The zero-order valence-corrected chi connectivity index (χ0v) is 7.33. The highest BCUT2D eigenvalue weighted by molar-refractivity contribution is 5.87. The normalized spacial score (nSPS) is 19.2. The maximum absolute atomic E-state index is 11.1. The molecule has 3 heteroatoms. The van der Waals surface area contributed by atoms with Crippen LogP contribution in [0.5, 0.6) is 0 Å². The molecule has 1 heterocycles. The quantitative estimate of drug-likeness (QED) is 0.605. The van der Waals surface area contributed by atoms with Crippen LogP contribution in [-0.2, 0) is 4.79 Å². The SMILES string of the molecule is C=CC(=O)N1CCC(CN)CC1. The molecular weight excluding hydrogens is 152 g/mol. The molecule has 0 spiro atoms. The van der Waals surface area contributed by atoms with Crippen molar-refractivity contribution >= 4 is 5.91 Å². The van der Waals surface area contributed by atoms with E-state index in [1.807, 2.05) is 4.90 Å². The van der Waals surface area contributed by atoms with Crippen molar-refractivity contribution in [3.63, 3.8) is 0 Å². The van der Waals surface area contributed by atoms with E-state index in [-0.39, 0.29) is 5.91 Å². The minimum Gasteiger partial charge on any atom is -0.339 e. The van der Waals surface area contributed by atoms with Gasteiger partial charge in [0.05, 0.1) is 0 Å². The van der Waals surface area contributed by atoms with Gasteiger partial charge in [-0.25, -0.2) is 0 Å². The van der Waals surface area contributed by atoms with Crippen molar-refractivity contribution in [1.29, 1.82) is 0 Å². The smallest absolute Gasteiger partial charge is 0.245 e. The minimum absolute atomic E-state index is 0.0467. The maximum atomic E-state index is 11.1. The molecule has 1 fully saturated rings. The lowest BCUT2D eigenvalue weighted by molar-refractivity contribution is -0.127. The first-order valence-corrected chi connectivity index (χ1v) is 4.39. The van der Waals surface area contributed by atoms with Gasteiger partial charge in [-0.3, -0.25) is 4.79 Å². The summed E-state index contributed by atoms with van der Waals surface area (Å²) in [5.74, 6) is 0.657. The number of nitrogens with zero attached hydrogens (tertiary/aromatic N) is 1. The number of rotatable bonds is 2. The predicted molar refractivity (Wildman–Crippen MR) is 48.6 cm³/mol. The second-order valence-corrected chi connectivity index (χ2v) is 3.21. The van der Waals surface area contributed by atoms with E-state index in [4.69, 9.17) is 5.73 Å². The molecule has 3 nitrogen and oxygen atoms in total. The number of piperidine rings is 1. The third kappa shape index (κ3) is 2.08. The van der Waals surface area contributed by atoms with Gasteiger partial charge in [0, 0.05) is 13.1 Å². The summed E-state index contributed by atoms with van der Waals surface area (Å²) in [5.41, 5.74) is 5.53. The third-order valence-electron chi connectivity index (χ3n) is 2.43. The van der Waals surface area contributed by atoms with Gasteiger partial charge in [0.1, 0.15) is 0 Å². The number of hydrogen-bond acceptors (Lipinski definition) is 2. The third-order valence-corrected chi connectivity index (χ3v) is 2.43. The molecule has 1 amide bonds. The first-order chi connectivity index (χ1) is 5.77. The molecule has 0 atom stereocenters. The lowest BCUT2D eigenvalue weighted by Crippen LogP contribution is -2.39. The fourth-order valence-corrected chi connectivity index (χ4v) is 1.52. The summed E-state index contributed by atoms with van der Waals surface area (Å²) >= 11 is 0. The second-order valence-electron chi connectivity index (χ2n) is 3.21. The van der Waals surface area contributed by atoms with Gasteiger partial charge in [0.15, 0.2) is 0 Å². The summed E-state index contributed by atoms with van der Waals surface area (Å²) in [5, 5.41) is 0. The molecule has 0 aliphatic carbocycles. The van der Waals surface area contributed by atoms with Gasteiger partial charge in [0.2, 0.25) is 5.91 Å². The van der Waals surface area contributed by atoms with Crippen molar-refractivity contribution < 1.29 is 4.79 Å². The summed E-state index contributed by atoms with van der Waals surface area (Å²) in [6.07, 6.45) is 3.45. The van der Waals surface area contributed by atoms with Crippen LogP contribution in [0.1, 0.15) is 12.8 Å². The molecule has 0 unspecified atom stereocenters. The van der Waals surface area contributed by atoms with Crippen LogP contribution in [0.25, 0.3) is 0 Å².